The van der Waals surface area contributed by atoms with Gasteiger partial charge in [0.05, 0.1) is 12.0 Å². The molecule has 25 heavy (non-hydrogen) atoms. The molecule has 1 N–H and O–H groups in total. The molecule has 130 valence electrons. The molecule has 3 aromatic rings. The molecule has 0 radical (unpaired) electrons. The zero-order valence-electron chi connectivity index (χ0n) is 14.6. The van der Waals surface area contributed by atoms with Crippen molar-refractivity contribution >= 4 is 5.91 Å². The molecule has 0 aliphatic rings. The van der Waals surface area contributed by atoms with E-state index in [9.17, 15) is 4.79 Å². The molecule has 2 aromatic heterocycles. The molecule has 0 aliphatic heterocycles. The fourth-order valence-corrected chi connectivity index (χ4v) is 2.79. The van der Waals surface area contributed by atoms with E-state index in [-0.39, 0.29) is 5.91 Å². The summed E-state index contributed by atoms with van der Waals surface area (Å²) in [6, 6.07) is 9.74. The minimum atomic E-state index is -0.0393. The Hall–Kier alpha value is -2.89. The van der Waals surface area contributed by atoms with E-state index in [0.717, 1.165) is 36.5 Å². The largest absolute Gasteiger partial charge is 0.352 e. The van der Waals surface area contributed by atoms with Crippen molar-refractivity contribution in [3.63, 3.8) is 0 Å². The van der Waals surface area contributed by atoms with Crippen molar-refractivity contribution in [2.75, 3.05) is 6.54 Å². The maximum absolute atomic E-state index is 12.2. The number of amides is 1. The highest BCUT2D eigenvalue weighted by molar-refractivity contribution is 5.94. The van der Waals surface area contributed by atoms with Crippen molar-refractivity contribution < 1.29 is 4.79 Å². The molecule has 1 amide bonds. The highest BCUT2D eigenvalue weighted by atomic mass is 16.1. The third-order valence-electron chi connectivity index (χ3n) is 4.08. The van der Waals surface area contributed by atoms with Crippen molar-refractivity contribution in [3.05, 3.63) is 71.6 Å². The lowest BCUT2D eigenvalue weighted by molar-refractivity contribution is 0.0952. The number of rotatable bonds is 7. The van der Waals surface area contributed by atoms with Crippen LogP contribution < -0.4 is 5.32 Å². The van der Waals surface area contributed by atoms with Crippen molar-refractivity contribution in [1.82, 2.24) is 24.6 Å². The topological polar surface area (TPSA) is 64.7 Å². The van der Waals surface area contributed by atoms with E-state index in [2.05, 4.69) is 21.5 Å². The average molecular weight is 337 g/mol. The van der Waals surface area contributed by atoms with Crippen LogP contribution in [0, 0.1) is 13.8 Å². The molecule has 0 atom stereocenters. The third-order valence-corrected chi connectivity index (χ3v) is 4.08. The van der Waals surface area contributed by atoms with Crippen LogP contribution in [0.3, 0.4) is 0 Å². The number of hydrogen-bond donors (Lipinski definition) is 1. The molecule has 0 saturated heterocycles. The Morgan fingerprint density at radius 2 is 2.00 bits per heavy atom. The van der Waals surface area contributed by atoms with Gasteiger partial charge in [-0.05, 0) is 44.0 Å². The maximum atomic E-state index is 12.2. The van der Waals surface area contributed by atoms with Gasteiger partial charge in [-0.25, -0.2) is 4.98 Å². The van der Waals surface area contributed by atoms with Crippen LogP contribution in [0.2, 0.25) is 0 Å². The summed E-state index contributed by atoms with van der Waals surface area (Å²) in [5.41, 5.74) is 3.99. The second-order valence-electron chi connectivity index (χ2n) is 6.19. The lowest BCUT2D eigenvalue weighted by atomic mass is 10.1. The third kappa shape index (κ3) is 4.56. The van der Waals surface area contributed by atoms with Gasteiger partial charge in [0.1, 0.15) is 0 Å². The van der Waals surface area contributed by atoms with Gasteiger partial charge in [-0.1, -0.05) is 12.1 Å². The molecular weight excluding hydrogens is 314 g/mol. The van der Waals surface area contributed by atoms with Gasteiger partial charge >= 0.3 is 0 Å². The first-order valence-electron chi connectivity index (χ1n) is 8.46. The zero-order chi connectivity index (χ0) is 17.6. The summed E-state index contributed by atoms with van der Waals surface area (Å²) < 4.78 is 3.97. The smallest absolute Gasteiger partial charge is 0.251 e. The van der Waals surface area contributed by atoms with Gasteiger partial charge in [0.25, 0.3) is 5.91 Å². The summed E-state index contributed by atoms with van der Waals surface area (Å²) in [4.78, 5) is 16.2. The molecule has 0 saturated carbocycles. The average Bonchev–Trinajstić information content (AvgIpc) is 3.21. The summed E-state index contributed by atoms with van der Waals surface area (Å²) in [6.45, 7) is 6.23. The first-order valence-corrected chi connectivity index (χ1v) is 8.46. The quantitative estimate of drug-likeness (QED) is 0.674. The summed E-state index contributed by atoms with van der Waals surface area (Å²) in [7, 11) is 0. The number of nitrogens with zero attached hydrogens (tertiary/aromatic N) is 4. The van der Waals surface area contributed by atoms with Gasteiger partial charge in [-0.2, -0.15) is 5.10 Å². The molecule has 0 fully saturated rings. The number of aromatic nitrogens is 4. The van der Waals surface area contributed by atoms with Crippen LogP contribution >= 0.6 is 0 Å². The molecule has 6 nitrogen and oxygen atoms in total. The minimum absolute atomic E-state index is 0.0393. The van der Waals surface area contributed by atoms with Crippen molar-refractivity contribution in [2.45, 2.75) is 33.4 Å². The van der Waals surface area contributed by atoms with E-state index in [1.54, 1.807) is 12.5 Å². The van der Waals surface area contributed by atoms with E-state index < -0.39 is 0 Å². The van der Waals surface area contributed by atoms with Gasteiger partial charge in [-0.3, -0.25) is 9.48 Å². The maximum Gasteiger partial charge on any atom is 0.251 e. The number of imidazole rings is 1. The lowest BCUT2D eigenvalue weighted by Gasteiger charge is -2.08. The summed E-state index contributed by atoms with van der Waals surface area (Å²) in [5, 5.41) is 7.39. The van der Waals surface area contributed by atoms with Crippen molar-refractivity contribution in [3.8, 4) is 0 Å². The second kappa shape index (κ2) is 7.79. The Morgan fingerprint density at radius 1 is 1.20 bits per heavy atom. The minimum Gasteiger partial charge on any atom is -0.352 e. The van der Waals surface area contributed by atoms with Crippen LogP contribution in [-0.4, -0.2) is 31.8 Å². The van der Waals surface area contributed by atoms with Crippen LogP contribution in [0.25, 0.3) is 0 Å². The van der Waals surface area contributed by atoms with Gasteiger partial charge < -0.3 is 9.88 Å². The van der Waals surface area contributed by atoms with E-state index >= 15 is 0 Å². The van der Waals surface area contributed by atoms with E-state index in [1.165, 1.54) is 0 Å². The predicted molar refractivity (Wildman–Crippen MR) is 96.4 cm³/mol. The van der Waals surface area contributed by atoms with Crippen molar-refractivity contribution in [1.29, 1.82) is 0 Å². The molecule has 0 unspecified atom stereocenters. The Bertz CT molecular complexity index is 818. The number of hydrogen-bond acceptors (Lipinski definition) is 3. The number of carbonyl (C=O) groups is 1. The molecule has 0 bridgehead atoms. The fourth-order valence-electron chi connectivity index (χ4n) is 2.79. The standard InChI is InChI=1S/C19H23N5O/c1-15-12-16(2)24(22-15)10-3-8-21-19(25)18-6-4-17(5-7-18)13-23-11-9-20-14-23/h4-7,9,11-12,14H,3,8,10,13H2,1-2H3,(H,21,25). The Morgan fingerprint density at radius 3 is 2.64 bits per heavy atom. The second-order valence-corrected chi connectivity index (χ2v) is 6.19. The first kappa shape index (κ1) is 17.0. The van der Waals surface area contributed by atoms with Crippen LogP contribution in [0.5, 0.6) is 0 Å². The van der Waals surface area contributed by atoms with Gasteiger partial charge in [0.2, 0.25) is 0 Å². The fraction of sp³-hybridized carbons (Fsp3) is 0.316. The molecule has 6 heteroatoms. The van der Waals surface area contributed by atoms with Gasteiger partial charge in [0, 0.05) is 43.3 Å². The molecule has 3 rings (SSSR count). The van der Waals surface area contributed by atoms with Gasteiger partial charge in [0.15, 0.2) is 0 Å². The number of nitrogens with one attached hydrogen (secondary N) is 1. The Labute approximate surface area is 147 Å². The molecule has 0 aliphatic carbocycles. The SMILES string of the molecule is Cc1cc(C)n(CCCNC(=O)c2ccc(Cn3ccnc3)cc2)n1. The number of aryl methyl sites for hydroxylation is 3. The van der Waals surface area contributed by atoms with Crippen LogP contribution in [0.1, 0.15) is 33.7 Å². The van der Waals surface area contributed by atoms with Crippen LogP contribution in [-0.2, 0) is 13.1 Å². The summed E-state index contributed by atoms with van der Waals surface area (Å²) in [5.74, 6) is -0.0393. The molecular formula is C19H23N5O. The summed E-state index contributed by atoms with van der Waals surface area (Å²) >= 11 is 0. The highest BCUT2D eigenvalue weighted by Crippen LogP contribution is 2.07. The highest BCUT2D eigenvalue weighted by Gasteiger charge is 2.06. The predicted octanol–water partition coefficient (Wildman–Crippen LogP) is 2.56. The van der Waals surface area contributed by atoms with Gasteiger partial charge in [-0.15, -0.1) is 0 Å². The van der Waals surface area contributed by atoms with Crippen molar-refractivity contribution in [2.24, 2.45) is 0 Å². The summed E-state index contributed by atoms with van der Waals surface area (Å²) in [6.07, 6.45) is 6.31. The van der Waals surface area contributed by atoms with Crippen LogP contribution in [0.15, 0.2) is 49.1 Å². The molecule has 1 aromatic carbocycles. The normalized spacial score (nSPS) is 10.8. The Balaban J connectivity index is 1.45. The van der Waals surface area contributed by atoms with E-state index in [4.69, 9.17) is 0 Å². The monoisotopic (exact) mass is 337 g/mol. The van der Waals surface area contributed by atoms with E-state index in [0.29, 0.717) is 12.1 Å². The lowest BCUT2D eigenvalue weighted by Crippen LogP contribution is -2.25. The first-order chi connectivity index (χ1) is 12.1. The molecule has 0 spiro atoms. The van der Waals surface area contributed by atoms with E-state index in [1.807, 2.05) is 53.6 Å². The van der Waals surface area contributed by atoms with Crippen LogP contribution in [0.4, 0.5) is 0 Å². The number of carbonyl (C=O) groups excluding carboxylic acids is 1. The zero-order valence-corrected chi connectivity index (χ0v) is 14.6. The molecule has 2 heterocycles. The Kier molecular flexibility index (Phi) is 5.28. The number of benzene rings is 1.